The van der Waals surface area contributed by atoms with Gasteiger partial charge in [-0.2, -0.15) is 0 Å². The van der Waals surface area contributed by atoms with Crippen molar-refractivity contribution >= 4 is 20.9 Å². The molecular formula is C21H24N2O3S. The lowest BCUT2D eigenvalue weighted by Crippen LogP contribution is -2.27. The fraction of sp³-hybridized carbons (Fsp3) is 0.286. The maximum atomic E-state index is 12.5. The average molecular weight is 385 g/mol. The number of fused-ring (bicyclic) bond motifs is 1. The molecule has 0 aliphatic carbocycles. The van der Waals surface area contributed by atoms with Crippen molar-refractivity contribution in [3.63, 3.8) is 0 Å². The molecule has 0 unspecified atom stereocenters. The molecule has 142 valence electrons. The van der Waals surface area contributed by atoms with Gasteiger partial charge in [0.25, 0.3) is 5.56 Å². The first-order chi connectivity index (χ1) is 12.7. The van der Waals surface area contributed by atoms with Crippen LogP contribution in [0.2, 0.25) is 0 Å². The summed E-state index contributed by atoms with van der Waals surface area (Å²) >= 11 is 0. The summed E-state index contributed by atoms with van der Waals surface area (Å²) in [5.74, 6) is 0.331. The third-order valence-corrected chi connectivity index (χ3v) is 6.35. The summed E-state index contributed by atoms with van der Waals surface area (Å²) in [6.45, 7) is 7.98. The van der Waals surface area contributed by atoms with E-state index in [9.17, 15) is 13.2 Å². The average Bonchev–Trinajstić information content (AvgIpc) is 2.64. The van der Waals surface area contributed by atoms with Crippen LogP contribution >= 0.6 is 0 Å². The largest absolute Gasteiger partial charge is 0.321 e. The van der Waals surface area contributed by atoms with Crippen LogP contribution in [0.4, 0.5) is 0 Å². The van der Waals surface area contributed by atoms with Crippen LogP contribution in [0.15, 0.2) is 52.2 Å². The highest BCUT2D eigenvalue weighted by molar-refractivity contribution is 7.89. The summed E-state index contributed by atoms with van der Waals surface area (Å²) in [6, 6.07) is 12.5. The quantitative estimate of drug-likeness (QED) is 0.703. The Kier molecular flexibility index (Phi) is 5.22. The van der Waals surface area contributed by atoms with Crippen molar-refractivity contribution in [2.75, 3.05) is 0 Å². The Morgan fingerprint density at radius 3 is 2.33 bits per heavy atom. The zero-order chi connectivity index (χ0) is 19.8. The number of nitrogens with one attached hydrogen (secondary N) is 2. The normalized spacial score (nSPS) is 12.0. The van der Waals surface area contributed by atoms with Gasteiger partial charge in [0.1, 0.15) is 0 Å². The van der Waals surface area contributed by atoms with Crippen LogP contribution in [0.1, 0.15) is 42.0 Å². The minimum Gasteiger partial charge on any atom is -0.321 e. The summed E-state index contributed by atoms with van der Waals surface area (Å²) in [5.41, 5.74) is 4.07. The lowest BCUT2D eigenvalue weighted by atomic mass is 10.0. The molecule has 1 heterocycles. The predicted molar refractivity (Wildman–Crippen MR) is 109 cm³/mol. The third kappa shape index (κ3) is 3.96. The van der Waals surface area contributed by atoms with Crippen molar-refractivity contribution in [1.29, 1.82) is 0 Å². The summed E-state index contributed by atoms with van der Waals surface area (Å²) in [7, 11) is -3.69. The van der Waals surface area contributed by atoms with Crippen LogP contribution in [0.3, 0.4) is 0 Å². The molecule has 5 nitrogen and oxygen atoms in total. The monoisotopic (exact) mass is 384 g/mol. The zero-order valence-corrected chi connectivity index (χ0v) is 16.8. The molecular weight excluding hydrogens is 360 g/mol. The number of pyridine rings is 1. The number of benzene rings is 2. The van der Waals surface area contributed by atoms with Gasteiger partial charge in [-0.15, -0.1) is 0 Å². The molecule has 0 aliphatic heterocycles. The molecule has 2 aromatic carbocycles. The number of sulfonamides is 1. The Morgan fingerprint density at radius 1 is 1.04 bits per heavy atom. The van der Waals surface area contributed by atoms with E-state index in [1.54, 1.807) is 18.2 Å². The Morgan fingerprint density at radius 2 is 1.70 bits per heavy atom. The first-order valence-corrected chi connectivity index (χ1v) is 10.4. The summed E-state index contributed by atoms with van der Waals surface area (Å²) in [5, 5.41) is 0.883. The second kappa shape index (κ2) is 7.29. The van der Waals surface area contributed by atoms with E-state index in [0.717, 1.165) is 27.6 Å². The highest BCUT2D eigenvalue weighted by atomic mass is 32.2. The molecule has 0 bridgehead atoms. The molecule has 0 saturated carbocycles. The molecule has 0 fully saturated rings. The summed E-state index contributed by atoms with van der Waals surface area (Å²) < 4.78 is 27.6. The second-order valence-electron chi connectivity index (χ2n) is 7.14. The van der Waals surface area contributed by atoms with Crippen LogP contribution in [-0.2, 0) is 16.6 Å². The van der Waals surface area contributed by atoms with Crippen LogP contribution in [0, 0.1) is 13.8 Å². The molecule has 0 saturated heterocycles. The van der Waals surface area contributed by atoms with Gasteiger partial charge in [0.15, 0.2) is 0 Å². The van der Waals surface area contributed by atoms with Gasteiger partial charge in [-0.05, 0) is 60.0 Å². The minimum absolute atomic E-state index is 0.0630. The molecule has 3 rings (SSSR count). The molecule has 0 radical (unpaired) electrons. The van der Waals surface area contributed by atoms with Crippen molar-refractivity contribution in [3.8, 4) is 0 Å². The van der Waals surface area contributed by atoms with Crippen molar-refractivity contribution in [1.82, 2.24) is 9.71 Å². The Hall–Kier alpha value is -2.44. The minimum atomic E-state index is -3.69. The predicted octanol–water partition coefficient (Wildman–Crippen LogP) is 3.75. The number of rotatable bonds is 5. The Balaban J connectivity index is 1.86. The maximum absolute atomic E-state index is 12.5. The molecule has 0 atom stereocenters. The van der Waals surface area contributed by atoms with E-state index in [2.05, 4.69) is 23.6 Å². The molecule has 0 aliphatic rings. The third-order valence-electron chi connectivity index (χ3n) is 4.94. The maximum Gasteiger partial charge on any atom is 0.252 e. The van der Waals surface area contributed by atoms with Gasteiger partial charge in [-0.3, -0.25) is 4.79 Å². The van der Waals surface area contributed by atoms with E-state index >= 15 is 0 Å². The number of aromatic nitrogens is 1. The van der Waals surface area contributed by atoms with E-state index in [-0.39, 0.29) is 17.0 Å². The van der Waals surface area contributed by atoms with Crippen molar-refractivity contribution in [3.05, 3.63) is 75.1 Å². The van der Waals surface area contributed by atoms with Crippen molar-refractivity contribution in [2.45, 2.75) is 45.1 Å². The van der Waals surface area contributed by atoms with E-state index in [1.165, 1.54) is 0 Å². The van der Waals surface area contributed by atoms with Gasteiger partial charge in [-0.1, -0.05) is 38.1 Å². The zero-order valence-electron chi connectivity index (χ0n) is 16.0. The molecule has 0 spiro atoms. The first-order valence-electron chi connectivity index (χ1n) is 8.91. The number of hydrogen-bond donors (Lipinski definition) is 2. The fourth-order valence-electron chi connectivity index (χ4n) is 2.99. The first kappa shape index (κ1) is 19.3. The number of hydrogen-bond acceptors (Lipinski definition) is 3. The van der Waals surface area contributed by atoms with Crippen LogP contribution in [0.5, 0.6) is 0 Å². The van der Waals surface area contributed by atoms with E-state index < -0.39 is 10.0 Å². The molecule has 6 heteroatoms. The summed E-state index contributed by atoms with van der Waals surface area (Å²) in [4.78, 5) is 15.4. The second-order valence-corrected chi connectivity index (χ2v) is 8.91. The van der Waals surface area contributed by atoms with E-state index in [1.807, 2.05) is 38.1 Å². The molecule has 3 aromatic rings. The molecule has 0 amide bonds. The van der Waals surface area contributed by atoms with Crippen molar-refractivity contribution in [2.24, 2.45) is 0 Å². The topological polar surface area (TPSA) is 79.0 Å². The number of H-pyrrole nitrogens is 1. The molecule has 1 aromatic heterocycles. The van der Waals surface area contributed by atoms with E-state index in [0.29, 0.717) is 11.5 Å². The highest BCUT2D eigenvalue weighted by Crippen LogP contribution is 2.20. The van der Waals surface area contributed by atoms with Crippen LogP contribution in [0.25, 0.3) is 10.9 Å². The standard InChI is InChI=1S/C21H24N2O3S/c1-13(2)16-7-9-19(10-8-16)27(25,26)22-12-18-11-17-6-5-14(3)15(4)20(17)23-21(18)24/h5-11,13,22H,12H2,1-4H3,(H,23,24). The van der Waals surface area contributed by atoms with Gasteiger partial charge in [0.2, 0.25) is 10.0 Å². The Bertz CT molecular complexity index is 1140. The SMILES string of the molecule is Cc1ccc2cc(CNS(=O)(=O)c3ccc(C(C)C)cc3)c(=O)[nH]c2c1C. The Labute approximate surface area is 159 Å². The fourth-order valence-corrected chi connectivity index (χ4v) is 4.00. The van der Waals surface area contributed by atoms with Crippen LogP contribution < -0.4 is 10.3 Å². The van der Waals surface area contributed by atoms with E-state index in [4.69, 9.17) is 0 Å². The lowest BCUT2D eigenvalue weighted by Gasteiger charge is -2.10. The number of aryl methyl sites for hydroxylation is 2. The van der Waals surface area contributed by atoms with Gasteiger partial charge in [0, 0.05) is 12.1 Å². The molecule has 27 heavy (non-hydrogen) atoms. The van der Waals surface area contributed by atoms with Gasteiger partial charge >= 0.3 is 0 Å². The van der Waals surface area contributed by atoms with Crippen molar-refractivity contribution < 1.29 is 8.42 Å². The molecule has 2 N–H and O–H groups in total. The number of aromatic amines is 1. The lowest BCUT2D eigenvalue weighted by molar-refractivity contribution is 0.581. The van der Waals surface area contributed by atoms with Crippen LogP contribution in [-0.4, -0.2) is 13.4 Å². The smallest absolute Gasteiger partial charge is 0.252 e. The van der Waals surface area contributed by atoms with Gasteiger partial charge < -0.3 is 4.98 Å². The summed E-state index contributed by atoms with van der Waals surface area (Å²) in [6.07, 6.45) is 0. The highest BCUT2D eigenvalue weighted by Gasteiger charge is 2.15. The van der Waals surface area contributed by atoms with Gasteiger partial charge in [-0.25, -0.2) is 13.1 Å². The van der Waals surface area contributed by atoms with Gasteiger partial charge in [0.05, 0.1) is 10.4 Å².